The van der Waals surface area contributed by atoms with Crippen LogP contribution in [0.1, 0.15) is 17.5 Å². The third-order valence-corrected chi connectivity index (χ3v) is 3.09. The summed E-state index contributed by atoms with van der Waals surface area (Å²) in [5.41, 5.74) is 1.78. The first-order valence-corrected chi connectivity index (χ1v) is 7.42. The molecule has 24 heavy (non-hydrogen) atoms. The van der Waals surface area contributed by atoms with Gasteiger partial charge in [-0.25, -0.2) is 4.79 Å². The SMILES string of the molecule is O=C(C=Cc1ccc(OC(F)F)cc1)OCCCc1cccnc1. The van der Waals surface area contributed by atoms with E-state index in [4.69, 9.17) is 4.74 Å². The van der Waals surface area contributed by atoms with E-state index >= 15 is 0 Å². The molecule has 0 aliphatic rings. The smallest absolute Gasteiger partial charge is 0.387 e. The average Bonchev–Trinajstić information content (AvgIpc) is 2.58. The largest absolute Gasteiger partial charge is 0.463 e. The van der Waals surface area contributed by atoms with E-state index in [1.54, 1.807) is 30.6 Å². The first-order chi connectivity index (χ1) is 11.6. The number of hydrogen-bond acceptors (Lipinski definition) is 4. The Kier molecular flexibility index (Phi) is 6.89. The molecule has 0 bridgehead atoms. The van der Waals surface area contributed by atoms with Gasteiger partial charge in [0.05, 0.1) is 6.61 Å². The highest BCUT2D eigenvalue weighted by Gasteiger charge is 2.03. The maximum absolute atomic E-state index is 12.0. The molecule has 0 aliphatic heterocycles. The van der Waals surface area contributed by atoms with Crippen LogP contribution in [0.4, 0.5) is 8.78 Å². The van der Waals surface area contributed by atoms with Crippen LogP contribution in [0, 0.1) is 0 Å². The average molecular weight is 333 g/mol. The first-order valence-electron chi connectivity index (χ1n) is 7.42. The molecule has 0 unspecified atom stereocenters. The Labute approximate surface area is 138 Å². The van der Waals surface area contributed by atoms with E-state index in [1.165, 1.54) is 18.2 Å². The number of carbonyl (C=O) groups excluding carboxylic acids is 1. The number of aromatic nitrogens is 1. The molecule has 0 fully saturated rings. The third-order valence-electron chi connectivity index (χ3n) is 3.09. The molecule has 0 saturated heterocycles. The number of benzene rings is 1. The van der Waals surface area contributed by atoms with Gasteiger partial charge in [0, 0.05) is 18.5 Å². The lowest BCUT2D eigenvalue weighted by Gasteiger charge is -2.04. The van der Waals surface area contributed by atoms with Crippen LogP contribution in [-0.2, 0) is 16.0 Å². The van der Waals surface area contributed by atoms with Gasteiger partial charge >= 0.3 is 12.6 Å². The van der Waals surface area contributed by atoms with Gasteiger partial charge in [0.25, 0.3) is 0 Å². The van der Waals surface area contributed by atoms with Gasteiger partial charge in [-0.05, 0) is 48.2 Å². The fraction of sp³-hybridized carbons (Fsp3) is 0.222. The van der Waals surface area contributed by atoms with Gasteiger partial charge in [0.1, 0.15) is 5.75 Å². The number of carbonyl (C=O) groups is 1. The first kappa shape index (κ1) is 17.6. The Morgan fingerprint density at radius 1 is 1.21 bits per heavy atom. The normalized spacial score (nSPS) is 11.0. The molecule has 0 spiro atoms. The van der Waals surface area contributed by atoms with Crippen molar-refractivity contribution in [1.29, 1.82) is 0 Å². The van der Waals surface area contributed by atoms with Crippen LogP contribution in [0.25, 0.3) is 6.08 Å². The summed E-state index contributed by atoms with van der Waals surface area (Å²) in [6.07, 6.45) is 7.84. The molecule has 0 atom stereocenters. The molecule has 0 amide bonds. The summed E-state index contributed by atoms with van der Waals surface area (Å²) in [7, 11) is 0. The molecule has 126 valence electrons. The lowest BCUT2D eigenvalue weighted by Crippen LogP contribution is -2.03. The molecular formula is C18H17F2NO3. The van der Waals surface area contributed by atoms with Crippen LogP contribution in [0.2, 0.25) is 0 Å². The molecule has 1 heterocycles. The molecule has 0 radical (unpaired) electrons. The molecule has 0 N–H and O–H groups in total. The maximum Gasteiger partial charge on any atom is 0.387 e. The minimum atomic E-state index is -2.85. The third kappa shape index (κ3) is 6.56. The van der Waals surface area contributed by atoms with Gasteiger partial charge in [-0.3, -0.25) is 4.98 Å². The van der Waals surface area contributed by atoms with Crippen LogP contribution in [-0.4, -0.2) is 24.2 Å². The second-order valence-electron chi connectivity index (χ2n) is 4.91. The highest BCUT2D eigenvalue weighted by atomic mass is 19.3. The van der Waals surface area contributed by atoms with Crippen molar-refractivity contribution in [3.63, 3.8) is 0 Å². The van der Waals surface area contributed by atoms with Crippen molar-refractivity contribution in [2.75, 3.05) is 6.61 Å². The molecule has 1 aromatic heterocycles. The molecule has 6 heteroatoms. The number of esters is 1. The number of ether oxygens (including phenoxy) is 2. The number of aryl methyl sites for hydroxylation is 1. The van der Waals surface area contributed by atoms with Crippen LogP contribution >= 0.6 is 0 Å². The minimum Gasteiger partial charge on any atom is -0.463 e. The van der Waals surface area contributed by atoms with Gasteiger partial charge in [0.2, 0.25) is 0 Å². The molecule has 2 aromatic rings. The van der Waals surface area contributed by atoms with Gasteiger partial charge in [-0.15, -0.1) is 0 Å². The van der Waals surface area contributed by atoms with Gasteiger partial charge in [-0.1, -0.05) is 18.2 Å². The molecule has 0 saturated carbocycles. The summed E-state index contributed by atoms with van der Waals surface area (Å²) in [6.45, 7) is -2.53. The number of pyridine rings is 1. The predicted octanol–water partition coefficient (Wildman–Crippen LogP) is 3.87. The Morgan fingerprint density at radius 2 is 2.00 bits per heavy atom. The number of alkyl halides is 2. The van der Waals surface area contributed by atoms with Crippen LogP contribution in [0.15, 0.2) is 54.9 Å². The van der Waals surface area contributed by atoms with Gasteiger partial charge in [-0.2, -0.15) is 8.78 Å². The highest BCUT2D eigenvalue weighted by molar-refractivity contribution is 5.87. The Bertz CT molecular complexity index is 658. The fourth-order valence-electron chi connectivity index (χ4n) is 1.97. The summed E-state index contributed by atoms with van der Waals surface area (Å²) < 4.78 is 33.4. The van der Waals surface area contributed by atoms with Crippen molar-refractivity contribution in [2.45, 2.75) is 19.5 Å². The fourth-order valence-corrected chi connectivity index (χ4v) is 1.97. The molecular weight excluding hydrogens is 316 g/mol. The standard InChI is InChI=1S/C18H17F2NO3/c19-18(20)24-16-8-5-14(6-9-16)7-10-17(22)23-12-2-4-15-3-1-11-21-13-15/h1,3,5-11,13,18H,2,4,12H2. The summed E-state index contributed by atoms with van der Waals surface area (Å²) in [5, 5.41) is 0. The van der Waals surface area contributed by atoms with E-state index < -0.39 is 12.6 Å². The van der Waals surface area contributed by atoms with Gasteiger partial charge < -0.3 is 9.47 Å². The molecule has 4 nitrogen and oxygen atoms in total. The van der Waals surface area contributed by atoms with Gasteiger partial charge in [0.15, 0.2) is 0 Å². The van der Waals surface area contributed by atoms with Crippen molar-refractivity contribution in [2.24, 2.45) is 0 Å². The molecule has 0 aliphatic carbocycles. The van der Waals surface area contributed by atoms with Crippen molar-refractivity contribution in [3.05, 3.63) is 66.0 Å². The zero-order valence-corrected chi connectivity index (χ0v) is 12.9. The number of hydrogen-bond donors (Lipinski definition) is 0. The topological polar surface area (TPSA) is 48.4 Å². The van der Waals surface area contributed by atoms with E-state index in [2.05, 4.69) is 9.72 Å². The highest BCUT2D eigenvalue weighted by Crippen LogP contribution is 2.15. The second kappa shape index (κ2) is 9.39. The van der Waals surface area contributed by atoms with Crippen LogP contribution < -0.4 is 4.74 Å². The van der Waals surface area contributed by atoms with Crippen molar-refractivity contribution in [1.82, 2.24) is 4.98 Å². The van der Waals surface area contributed by atoms with Crippen LogP contribution in [0.3, 0.4) is 0 Å². The predicted molar refractivity (Wildman–Crippen MR) is 85.6 cm³/mol. The van der Waals surface area contributed by atoms with Crippen molar-refractivity contribution >= 4 is 12.0 Å². The molecule has 1 aromatic carbocycles. The summed E-state index contributed by atoms with van der Waals surface area (Å²) in [4.78, 5) is 15.6. The van der Waals surface area contributed by atoms with Crippen molar-refractivity contribution < 1.29 is 23.0 Å². The summed E-state index contributed by atoms with van der Waals surface area (Å²) >= 11 is 0. The van der Waals surface area contributed by atoms with E-state index in [9.17, 15) is 13.6 Å². The van der Waals surface area contributed by atoms with Crippen LogP contribution in [0.5, 0.6) is 5.75 Å². The van der Waals surface area contributed by atoms with E-state index in [0.717, 1.165) is 12.0 Å². The van der Waals surface area contributed by atoms with E-state index in [0.29, 0.717) is 18.6 Å². The van der Waals surface area contributed by atoms with E-state index in [-0.39, 0.29) is 5.75 Å². The van der Waals surface area contributed by atoms with E-state index in [1.807, 2.05) is 12.1 Å². The minimum absolute atomic E-state index is 0.0696. The Balaban J connectivity index is 1.70. The lowest BCUT2D eigenvalue weighted by atomic mass is 10.2. The summed E-state index contributed by atoms with van der Waals surface area (Å²) in [5.74, 6) is -0.380. The maximum atomic E-state index is 12.0. The zero-order valence-electron chi connectivity index (χ0n) is 12.9. The summed E-state index contributed by atoms with van der Waals surface area (Å²) in [6, 6.07) is 9.79. The second-order valence-corrected chi connectivity index (χ2v) is 4.91. The Hall–Kier alpha value is -2.76. The zero-order chi connectivity index (χ0) is 17.2. The quantitative estimate of drug-likeness (QED) is 0.418. The van der Waals surface area contributed by atoms with Crippen molar-refractivity contribution in [3.8, 4) is 5.75 Å². The number of nitrogens with zero attached hydrogens (tertiary/aromatic N) is 1. The monoisotopic (exact) mass is 333 g/mol. The number of halogens is 2. The number of rotatable bonds is 8. The Morgan fingerprint density at radius 3 is 2.67 bits per heavy atom. The molecule has 2 rings (SSSR count). The lowest BCUT2D eigenvalue weighted by molar-refractivity contribution is -0.137.